The molecule has 0 radical (unpaired) electrons. The number of hydrogen-bond donors (Lipinski definition) is 1. The van der Waals surface area contributed by atoms with Gasteiger partial charge in [-0.05, 0) is 12.1 Å². The van der Waals surface area contributed by atoms with E-state index in [1.165, 1.54) is 0 Å². The van der Waals surface area contributed by atoms with Crippen LogP contribution in [0.15, 0.2) is 34.5 Å². The zero-order chi connectivity index (χ0) is 10.8. The van der Waals surface area contributed by atoms with Gasteiger partial charge in [0.25, 0.3) is 5.84 Å². The lowest BCUT2D eigenvalue weighted by Crippen LogP contribution is -3.12. The van der Waals surface area contributed by atoms with E-state index in [0.29, 0.717) is 0 Å². The van der Waals surface area contributed by atoms with E-state index in [9.17, 15) is 0 Å². The number of para-hydroxylation sites is 1. The second kappa shape index (κ2) is 3.82. The maximum absolute atomic E-state index is 5.30. The lowest BCUT2D eigenvalue weighted by Gasteiger charge is -2.10. The van der Waals surface area contributed by atoms with Crippen LogP contribution in [-0.2, 0) is 0 Å². The van der Waals surface area contributed by atoms with Crippen LogP contribution in [-0.4, -0.2) is 25.8 Å². The van der Waals surface area contributed by atoms with Gasteiger partial charge in [0.05, 0.1) is 14.2 Å². The highest BCUT2D eigenvalue weighted by atomic mass is 16.5. The highest BCUT2D eigenvalue weighted by Crippen LogP contribution is 2.17. The van der Waals surface area contributed by atoms with E-state index >= 15 is 0 Å². The minimum absolute atomic E-state index is 0.834. The standard InChI is InChI=1S/C11H13N3O/c1-8-12-13-11(14(8)2)9-6-4-5-7-10(9)15-3/h4-7H,1-3H3/p+1. The third kappa shape index (κ3) is 1.64. The van der Waals surface area contributed by atoms with Gasteiger partial charge in [0.1, 0.15) is 11.3 Å². The molecule has 0 aliphatic carbocycles. The van der Waals surface area contributed by atoms with Crippen molar-refractivity contribution >= 4 is 11.7 Å². The third-order valence-corrected chi connectivity index (χ3v) is 2.56. The molecule has 78 valence electrons. The summed E-state index contributed by atoms with van der Waals surface area (Å²) in [6.07, 6.45) is 0. The normalized spacial score (nSPS) is 19.8. The molecule has 0 saturated carbocycles. The summed E-state index contributed by atoms with van der Waals surface area (Å²) in [5, 5.41) is 8.23. The Hall–Kier alpha value is -1.68. The highest BCUT2D eigenvalue weighted by molar-refractivity contribution is 6.01. The molecule has 4 nitrogen and oxygen atoms in total. The summed E-state index contributed by atoms with van der Waals surface area (Å²) in [4.78, 5) is 1.11. The first-order valence-corrected chi connectivity index (χ1v) is 4.84. The van der Waals surface area contributed by atoms with Crippen LogP contribution in [0.3, 0.4) is 0 Å². The Kier molecular flexibility index (Phi) is 2.51. The summed E-state index contributed by atoms with van der Waals surface area (Å²) in [6.45, 7) is 1.96. The Morgan fingerprint density at radius 3 is 2.53 bits per heavy atom. The number of hydrogen-bond acceptors (Lipinski definition) is 3. The van der Waals surface area contributed by atoms with Gasteiger partial charge in [-0.1, -0.05) is 22.3 Å². The van der Waals surface area contributed by atoms with Crippen LogP contribution in [0.5, 0.6) is 5.75 Å². The summed E-state index contributed by atoms with van der Waals surface area (Å²) in [5.74, 6) is 2.71. The fourth-order valence-electron chi connectivity index (χ4n) is 1.54. The van der Waals surface area contributed by atoms with Gasteiger partial charge in [-0.3, -0.25) is 0 Å². The minimum Gasteiger partial charge on any atom is -0.496 e. The summed E-state index contributed by atoms with van der Waals surface area (Å²) >= 11 is 0. The molecular formula is C11H14N3O+. The van der Waals surface area contributed by atoms with Crippen molar-refractivity contribution in [1.82, 2.24) is 0 Å². The number of methoxy groups -OCH3 is 1. The molecule has 0 bridgehead atoms. The van der Waals surface area contributed by atoms with Gasteiger partial charge in [-0.15, -0.1) is 0 Å². The Bertz CT molecular complexity index is 437. The first-order valence-electron chi connectivity index (χ1n) is 4.84. The van der Waals surface area contributed by atoms with Crippen LogP contribution in [0.25, 0.3) is 0 Å². The molecule has 1 unspecified atom stereocenters. The van der Waals surface area contributed by atoms with Crippen LogP contribution < -0.4 is 9.64 Å². The van der Waals surface area contributed by atoms with Gasteiger partial charge < -0.3 is 4.74 Å². The molecule has 4 heteroatoms. The molecule has 0 fully saturated rings. The molecule has 1 N–H and O–H groups in total. The smallest absolute Gasteiger partial charge is 0.262 e. The molecule has 1 aromatic rings. The predicted octanol–water partition coefficient (Wildman–Crippen LogP) is 0.303. The summed E-state index contributed by atoms with van der Waals surface area (Å²) in [7, 11) is 3.69. The van der Waals surface area contributed by atoms with Crippen molar-refractivity contribution in [3.8, 4) is 5.75 Å². The lowest BCUT2D eigenvalue weighted by molar-refractivity contribution is -0.671. The quantitative estimate of drug-likeness (QED) is 0.739. The topological polar surface area (TPSA) is 38.4 Å². The zero-order valence-corrected chi connectivity index (χ0v) is 9.11. The van der Waals surface area contributed by atoms with Crippen molar-refractivity contribution in [2.45, 2.75) is 6.92 Å². The van der Waals surface area contributed by atoms with Gasteiger partial charge in [-0.25, -0.2) is 4.90 Å². The van der Waals surface area contributed by atoms with Gasteiger partial charge in [0.15, 0.2) is 0 Å². The van der Waals surface area contributed by atoms with Gasteiger partial charge in [-0.2, -0.15) is 0 Å². The fraction of sp³-hybridized carbons (Fsp3) is 0.273. The summed E-state index contributed by atoms with van der Waals surface area (Å²) in [6, 6.07) is 7.84. The zero-order valence-electron chi connectivity index (χ0n) is 9.11. The number of nitrogens with one attached hydrogen (secondary N) is 1. The molecule has 1 aliphatic rings. The SMILES string of the molecule is COc1ccccc1C1=NN=C(C)[NH+]1C. The van der Waals surface area contributed by atoms with Crippen LogP contribution in [0.1, 0.15) is 12.5 Å². The average molecular weight is 204 g/mol. The maximum atomic E-state index is 5.30. The number of quaternary nitrogens is 1. The maximum Gasteiger partial charge on any atom is 0.262 e. The van der Waals surface area contributed by atoms with Crippen molar-refractivity contribution in [3.63, 3.8) is 0 Å². The van der Waals surface area contributed by atoms with Crippen molar-refractivity contribution in [2.24, 2.45) is 10.2 Å². The first-order chi connectivity index (χ1) is 7.24. The van der Waals surface area contributed by atoms with Crippen LogP contribution >= 0.6 is 0 Å². The van der Waals surface area contributed by atoms with Crippen LogP contribution in [0, 0.1) is 0 Å². The van der Waals surface area contributed by atoms with E-state index in [-0.39, 0.29) is 0 Å². The van der Waals surface area contributed by atoms with Gasteiger partial charge >= 0.3 is 0 Å². The van der Waals surface area contributed by atoms with Crippen LogP contribution in [0.4, 0.5) is 0 Å². The monoisotopic (exact) mass is 204 g/mol. The van der Waals surface area contributed by atoms with E-state index < -0.39 is 0 Å². The van der Waals surface area contributed by atoms with E-state index in [2.05, 4.69) is 10.2 Å². The van der Waals surface area contributed by atoms with E-state index in [1.807, 2.05) is 38.2 Å². The third-order valence-electron chi connectivity index (χ3n) is 2.56. The van der Waals surface area contributed by atoms with Gasteiger partial charge in [0, 0.05) is 6.92 Å². The number of ether oxygens (including phenoxy) is 1. The Labute approximate surface area is 88.9 Å². The summed E-state index contributed by atoms with van der Waals surface area (Å²) < 4.78 is 5.30. The minimum atomic E-state index is 0.834. The molecule has 0 aromatic heterocycles. The molecule has 1 heterocycles. The molecule has 1 atom stereocenters. The largest absolute Gasteiger partial charge is 0.496 e. The van der Waals surface area contributed by atoms with Crippen molar-refractivity contribution < 1.29 is 9.64 Å². The van der Waals surface area contributed by atoms with Gasteiger partial charge in [0.2, 0.25) is 5.84 Å². The van der Waals surface area contributed by atoms with E-state index in [0.717, 1.165) is 27.9 Å². The highest BCUT2D eigenvalue weighted by Gasteiger charge is 2.26. The van der Waals surface area contributed by atoms with Crippen molar-refractivity contribution in [3.05, 3.63) is 29.8 Å². The fourth-order valence-corrected chi connectivity index (χ4v) is 1.54. The van der Waals surface area contributed by atoms with Crippen molar-refractivity contribution in [1.29, 1.82) is 0 Å². The lowest BCUT2D eigenvalue weighted by atomic mass is 10.1. The Balaban J connectivity index is 2.40. The number of benzene rings is 1. The first kappa shape index (κ1) is 9.86. The second-order valence-corrected chi connectivity index (χ2v) is 3.46. The molecule has 0 amide bonds. The molecule has 0 spiro atoms. The van der Waals surface area contributed by atoms with E-state index in [4.69, 9.17) is 4.74 Å². The molecular weight excluding hydrogens is 190 g/mol. The Morgan fingerprint density at radius 2 is 1.93 bits per heavy atom. The number of amidine groups is 2. The summed E-state index contributed by atoms with van der Waals surface area (Å²) in [5.41, 5.74) is 0.998. The molecule has 1 aliphatic heterocycles. The molecule has 0 saturated heterocycles. The number of rotatable bonds is 2. The van der Waals surface area contributed by atoms with Crippen molar-refractivity contribution in [2.75, 3.05) is 14.2 Å². The van der Waals surface area contributed by atoms with Crippen LogP contribution in [0.2, 0.25) is 0 Å². The van der Waals surface area contributed by atoms with E-state index in [1.54, 1.807) is 7.11 Å². The average Bonchev–Trinajstić information content (AvgIpc) is 2.60. The molecule has 2 rings (SSSR count). The molecule has 1 aromatic carbocycles. The predicted molar refractivity (Wildman–Crippen MR) is 59.5 cm³/mol. The second-order valence-electron chi connectivity index (χ2n) is 3.46. The molecule has 15 heavy (non-hydrogen) atoms. The number of nitrogens with zero attached hydrogens (tertiary/aromatic N) is 2. The Morgan fingerprint density at radius 1 is 1.20 bits per heavy atom.